The molecule has 0 unspecified atom stereocenters. The lowest BCUT2D eigenvalue weighted by molar-refractivity contribution is -0.0716. The number of methoxy groups -OCH3 is 1. The summed E-state index contributed by atoms with van der Waals surface area (Å²) in [5.74, 6) is 1.41. The minimum absolute atomic E-state index is 0.191. The van der Waals surface area contributed by atoms with Gasteiger partial charge in [-0.25, -0.2) is 0 Å². The first-order chi connectivity index (χ1) is 11.7. The molecule has 1 spiro atoms. The zero-order valence-corrected chi connectivity index (χ0v) is 13.5. The van der Waals surface area contributed by atoms with Crippen molar-refractivity contribution in [3.63, 3.8) is 0 Å². The predicted octanol–water partition coefficient (Wildman–Crippen LogP) is 3.99. The van der Waals surface area contributed by atoms with Gasteiger partial charge in [0.1, 0.15) is 5.75 Å². The second kappa shape index (κ2) is 5.74. The Morgan fingerprint density at radius 2 is 1.88 bits per heavy atom. The van der Waals surface area contributed by atoms with Gasteiger partial charge in [0, 0.05) is 30.2 Å². The van der Waals surface area contributed by atoms with Crippen LogP contribution in [0.25, 0.3) is 0 Å². The number of fused-ring (bicyclic) bond motifs is 1. The molecule has 0 aromatic heterocycles. The summed E-state index contributed by atoms with van der Waals surface area (Å²) < 4.78 is 17.2. The predicted molar refractivity (Wildman–Crippen MR) is 89.8 cm³/mol. The van der Waals surface area contributed by atoms with E-state index in [1.54, 1.807) is 31.4 Å². The maximum absolute atomic E-state index is 12.4. The van der Waals surface area contributed by atoms with Crippen molar-refractivity contribution in [2.45, 2.75) is 31.5 Å². The lowest BCUT2D eigenvalue weighted by Gasteiger charge is -2.21. The van der Waals surface area contributed by atoms with Gasteiger partial charge < -0.3 is 19.5 Å². The van der Waals surface area contributed by atoms with Gasteiger partial charge in [0.2, 0.25) is 0 Å². The molecule has 0 bridgehead atoms. The third kappa shape index (κ3) is 2.66. The minimum atomic E-state index is -0.488. The van der Waals surface area contributed by atoms with Gasteiger partial charge in [-0.05, 0) is 43.2 Å². The Morgan fingerprint density at radius 1 is 1.08 bits per heavy atom. The molecule has 1 fully saturated rings. The Bertz CT molecular complexity index is 781. The highest BCUT2D eigenvalue weighted by molar-refractivity contribution is 6.04. The standard InChI is InChI=1S/C19H19NO4/c1-22-15-6-4-5-13(11-15)18(21)20-14-7-8-16-17(12-14)24-19(23-16)9-2-3-10-19/h4-8,11-12H,2-3,9-10H2,1H3,(H,20,21). The molecule has 4 rings (SSSR count). The number of anilines is 1. The highest BCUT2D eigenvalue weighted by atomic mass is 16.7. The first-order valence-corrected chi connectivity index (χ1v) is 8.15. The van der Waals surface area contributed by atoms with Crippen molar-refractivity contribution in [3.05, 3.63) is 48.0 Å². The van der Waals surface area contributed by atoms with E-state index in [4.69, 9.17) is 14.2 Å². The Hall–Kier alpha value is -2.69. The maximum Gasteiger partial charge on any atom is 0.255 e. The lowest BCUT2D eigenvalue weighted by atomic mass is 10.2. The molecule has 0 atom stereocenters. The number of hydrogen-bond acceptors (Lipinski definition) is 4. The molecule has 1 aliphatic carbocycles. The fourth-order valence-electron chi connectivity index (χ4n) is 3.26. The van der Waals surface area contributed by atoms with Crippen LogP contribution in [0.3, 0.4) is 0 Å². The van der Waals surface area contributed by atoms with E-state index in [9.17, 15) is 4.79 Å². The summed E-state index contributed by atoms with van der Waals surface area (Å²) in [4.78, 5) is 12.4. The Labute approximate surface area is 140 Å². The Balaban J connectivity index is 1.51. The van der Waals surface area contributed by atoms with Crippen molar-refractivity contribution in [1.82, 2.24) is 0 Å². The average Bonchev–Trinajstić information content (AvgIpc) is 3.20. The summed E-state index contributed by atoms with van der Waals surface area (Å²) in [6.45, 7) is 0. The molecule has 5 heteroatoms. The molecule has 1 saturated carbocycles. The van der Waals surface area contributed by atoms with Gasteiger partial charge in [0.15, 0.2) is 11.5 Å². The van der Waals surface area contributed by atoms with Crippen LogP contribution in [0.5, 0.6) is 17.2 Å². The van der Waals surface area contributed by atoms with Crippen molar-refractivity contribution >= 4 is 11.6 Å². The molecule has 2 aromatic rings. The highest BCUT2D eigenvalue weighted by Crippen LogP contribution is 2.47. The van der Waals surface area contributed by atoms with Crippen molar-refractivity contribution in [2.75, 3.05) is 12.4 Å². The summed E-state index contributed by atoms with van der Waals surface area (Å²) in [7, 11) is 1.58. The molecular formula is C19H19NO4. The van der Waals surface area contributed by atoms with Crippen LogP contribution in [0.4, 0.5) is 5.69 Å². The molecule has 24 heavy (non-hydrogen) atoms. The first-order valence-electron chi connectivity index (χ1n) is 8.15. The topological polar surface area (TPSA) is 56.8 Å². The van der Waals surface area contributed by atoms with Crippen LogP contribution < -0.4 is 19.5 Å². The first kappa shape index (κ1) is 14.9. The van der Waals surface area contributed by atoms with Crippen LogP contribution >= 0.6 is 0 Å². The number of carbonyl (C=O) groups is 1. The van der Waals surface area contributed by atoms with Crippen LogP contribution in [0.15, 0.2) is 42.5 Å². The molecule has 0 radical (unpaired) electrons. The van der Waals surface area contributed by atoms with Crippen molar-refractivity contribution in [2.24, 2.45) is 0 Å². The summed E-state index contributed by atoms with van der Waals surface area (Å²) in [5, 5.41) is 2.89. The fourth-order valence-corrected chi connectivity index (χ4v) is 3.26. The Morgan fingerprint density at radius 3 is 2.67 bits per heavy atom. The number of carbonyl (C=O) groups excluding carboxylic acids is 1. The van der Waals surface area contributed by atoms with Gasteiger partial charge >= 0.3 is 0 Å². The van der Waals surface area contributed by atoms with E-state index in [0.29, 0.717) is 22.7 Å². The van der Waals surface area contributed by atoms with Crippen LogP contribution in [-0.2, 0) is 0 Å². The molecule has 1 aliphatic heterocycles. The zero-order chi connectivity index (χ0) is 16.6. The van der Waals surface area contributed by atoms with E-state index < -0.39 is 5.79 Å². The number of hydrogen-bond donors (Lipinski definition) is 1. The number of nitrogens with one attached hydrogen (secondary N) is 1. The third-order valence-corrected chi connectivity index (χ3v) is 4.49. The lowest BCUT2D eigenvalue weighted by Crippen LogP contribution is -2.34. The molecule has 1 heterocycles. The van der Waals surface area contributed by atoms with Gasteiger partial charge in [-0.1, -0.05) is 6.07 Å². The Kier molecular flexibility index (Phi) is 3.56. The number of ether oxygens (including phenoxy) is 3. The number of amides is 1. The molecule has 124 valence electrons. The largest absolute Gasteiger partial charge is 0.497 e. The number of rotatable bonds is 3. The van der Waals surface area contributed by atoms with Crippen LogP contribution in [0.2, 0.25) is 0 Å². The molecule has 0 saturated heterocycles. The summed E-state index contributed by atoms with van der Waals surface area (Å²) >= 11 is 0. The molecule has 5 nitrogen and oxygen atoms in total. The molecule has 1 amide bonds. The molecule has 2 aromatic carbocycles. The van der Waals surface area contributed by atoms with Crippen LogP contribution in [-0.4, -0.2) is 18.8 Å². The van der Waals surface area contributed by atoms with E-state index in [-0.39, 0.29) is 5.91 Å². The normalized spacial score (nSPS) is 17.0. The molecule has 1 N–H and O–H groups in total. The van der Waals surface area contributed by atoms with Gasteiger partial charge in [0.05, 0.1) is 7.11 Å². The van der Waals surface area contributed by atoms with E-state index in [1.165, 1.54) is 0 Å². The summed E-state index contributed by atoms with van der Waals surface area (Å²) in [5.41, 5.74) is 1.22. The van der Waals surface area contributed by atoms with Crippen molar-refractivity contribution < 1.29 is 19.0 Å². The zero-order valence-electron chi connectivity index (χ0n) is 13.5. The van der Waals surface area contributed by atoms with Gasteiger partial charge in [-0.15, -0.1) is 0 Å². The molecular weight excluding hydrogens is 306 g/mol. The number of benzene rings is 2. The van der Waals surface area contributed by atoms with E-state index in [0.717, 1.165) is 31.4 Å². The monoisotopic (exact) mass is 325 g/mol. The summed E-state index contributed by atoms with van der Waals surface area (Å²) in [6, 6.07) is 12.5. The van der Waals surface area contributed by atoms with E-state index in [2.05, 4.69) is 5.32 Å². The van der Waals surface area contributed by atoms with Gasteiger partial charge in [-0.3, -0.25) is 4.79 Å². The van der Waals surface area contributed by atoms with Crippen molar-refractivity contribution in [1.29, 1.82) is 0 Å². The molecule has 2 aliphatic rings. The average molecular weight is 325 g/mol. The fraction of sp³-hybridized carbons (Fsp3) is 0.316. The van der Waals surface area contributed by atoms with Crippen molar-refractivity contribution in [3.8, 4) is 17.2 Å². The summed E-state index contributed by atoms with van der Waals surface area (Å²) in [6.07, 6.45) is 4.06. The van der Waals surface area contributed by atoms with E-state index >= 15 is 0 Å². The van der Waals surface area contributed by atoms with E-state index in [1.807, 2.05) is 18.2 Å². The minimum Gasteiger partial charge on any atom is -0.497 e. The third-order valence-electron chi connectivity index (χ3n) is 4.49. The van der Waals surface area contributed by atoms with Gasteiger partial charge in [-0.2, -0.15) is 0 Å². The second-order valence-corrected chi connectivity index (χ2v) is 6.17. The quantitative estimate of drug-likeness (QED) is 0.927. The smallest absolute Gasteiger partial charge is 0.255 e. The van der Waals surface area contributed by atoms with Gasteiger partial charge in [0.25, 0.3) is 11.7 Å². The van der Waals surface area contributed by atoms with Crippen LogP contribution in [0.1, 0.15) is 36.0 Å². The second-order valence-electron chi connectivity index (χ2n) is 6.17. The maximum atomic E-state index is 12.4. The SMILES string of the molecule is COc1cccc(C(=O)Nc2ccc3c(c2)OC2(CCCC2)O3)c1. The highest BCUT2D eigenvalue weighted by Gasteiger charge is 2.44. The van der Waals surface area contributed by atoms with Crippen LogP contribution in [0, 0.1) is 0 Å².